The highest BCUT2D eigenvalue weighted by atomic mass is 32.2. The Balaban J connectivity index is 1.53. The Morgan fingerprint density at radius 3 is 2.52 bits per heavy atom. The molecule has 1 fully saturated rings. The number of benzene rings is 1. The van der Waals surface area contributed by atoms with Crippen LogP contribution in [0.1, 0.15) is 63.8 Å². The van der Waals surface area contributed by atoms with E-state index >= 15 is 0 Å². The molecule has 2 heterocycles. The quantitative estimate of drug-likeness (QED) is 0.711. The van der Waals surface area contributed by atoms with Crippen LogP contribution in [0.15, 0.2) is 29.2 Å². The molecular formula is C22H27N3O4S2. The molecule has 1 aromatic heterocycles. The summed E-state index contributed by atoms with van der Waals surface area (Å²) in [5.74, 6) is -0.590. The van der Waals surface area contributed by atoms with Crippen LogP contribution in [-0.2, 0) is 22.9 Å². The summed E-state index contributed by atoms with van der Waals surface area (Å²) in [6.07, 6.45) is 5.63. The van der Waals surface area contributed by atoms with Crippen LogP contribution in [0, 0.1) is 5.92 Å². The standard InChI is InChI=1S/C22H27N3O4S2/c1-14-5-4-12-25(13-14)31(28,29)16-10-8-15(9-11-16)21(27)24-22-19(20(23)26)17-6-2-3-7-18(17)30-22/h8-11,14H,2-7,12-13H2,1H3,(H2,23,26)(H,24,27). The monoisotopic (exact) mass is 461 g/mol. The second-order valence-electron chi connectivity index (χ2n) is 8.37. The van der Waals surface area contributed by atoms with E-state index < -0.39 is 21.8 Å². The number of fused-ring (bicyclic) bond motifs is 1. The van der Waals surface area contributed by atoms with Gasteiger partial charge < -0.3 is 11.1 Å². The average molecular weight is 462 g/mol. The Morgan fingerprint density at radius 2 is 1.84 bits per heavy atom. The van der Waals surface area contributed by atoms with Gasteiger partial charge in [-0.2, -0.15) is 4.31 Å². The summed E-state index contributed by atoms with van der Waals surface area (Å²) in [5.41, 5.74) is 7.28. The van der Waals surface area contributed by atoms with Gasteiger partial charge in [-0.3, -0.25) is 9.59 Å². The summed E-state index contributed by atoms with van der Waals surface area (Å²) in [6, 6.07) is 5.95. The van der Waals surface area contributed by atoms with E-state index in [1.807, 2.05) is 0 Å². The van der Waals surface area contributed by atoms with Gasteiger partial charge in [-0.25, -0.2) is 8.42 Å². The number of hydrogen-bond acceptors (Lipinski definition) is 5. The van der Waals surface area contributed by atoms with Crippen molar-refractivity contribution in [2.24, 2.45) is 11.7 Å². The molecule has 0 radical (unpaired) electrons. The van der Waals surface area contributed by atoms with Crippen LogP contribution in [0.25, 0.3) is 0 Å². The van der Waals surface area contributed by atoms with Crippen LogP contribution < -0.4 is 11.1 Å². The lowest BCUT2D eigenvalue weighted by atomic mass is 9.95. The fraction of sp³-hybridized carbons (Fsp3) is 0.455. The van der Waals surface area contributed by atoms with Gasteiger partial charge in [-0.15, -0.1) is 11.3 Å². The maximum atomic E-state index is 12.9. The molecule has 9 heteroatoms. The number of carbonyl (C=O) groups excluding carboxylic acids is 2. The first kappa shape index (κ1) is 22.0. The van der Waals surface area contributed by atoms with Crippen molar-refractivity contribution in [2.75, 3.05) is 18.4 Å². The molecule has 1 atom stereocenters. The summed E-state index contributed by atoms with van der Waals surface area (Å²) in [5, 5.41) is 3.29. The third kappa shape index (κ3) is 4.40. The highest BCUT2D eigenvalue weighted by Crippen LogP contribution is 2.38. The molecule has 2 aliphatic rings. The normalized spacial score (nSPS) is 19.6. The Labute approximate surface area is 186 Å². The smallest absolute Gasteiger partial charge is 0.256 e. The maximum Gasteiger partial charge on any atom is 0.256 e. The Hall–Kier alpha value is -2.23. The maximum absolute atomic E-state index is 12.9. The number of aryl methyl sites for hydroxylation is 1. The lowest BCUT2D eigenvalue weighted by Crippen LogP contribution is -2.39. The molecule has 31 heavy (non-hydrogen) atoms. The van der Waals surface area contributed by atoms with Crippen molar-refractivity contribution in [2.45, 2.75) is 50.3 Å². The molecule has 2 amide bonds. The van der Waals surface area contributed by atoms with Crippen molar-refractivity contribution in [1.82, 2.24) is 4.31 Å². The van der Waals surface area contributed by atoms with Gasteiger partial charge in [0.2, 0.25) is 10.0 Å². The van der Waals surface area contributed by atoms with E-state index in [1.54, 1.807) is 0 Å². The van der Waals surface area contributed by atoms with Crippen LogP contribution in [0.5, 0.6) is 0 Å². The molecule has 4 rings (SSSR count). The van der Waals surface area contributed by atoms with E-state index in [0.717, 1.165) is 49.0 Å². The van der Waals surface area contributed by atoms with Crippen molar-refractivity contribution < 1.29 is 18.0 Å². The van der Waals surface area contributed by atoms with Gasteiger partial charge in [-0.1, -0.05) is 6.92 Å². The third-order valence-electron chi connectivity index (χ3n) is 6.02. The van der Waals surface area contributed by atoms with Crippen molar-refractivity contribution in [3.63, 3.8) is 0 Å². The molecular weight excluding hydrogens is 434 g/mol. The number of sulfonamides is 1. The summed E-state index contributed by atoms with van der Waals surface area (Å²) in [7, 11) is -3.57. The van der Waals surface area contributed by atoms with E-state index in [0.29, 0.717) is 35.1 Å². The molecule has 0 bridgehead atoms. The van der Waals surface area contributed by atoms with Gasteiger partial charge in [-0.05, 0) is 74.3 Å². The zero-order chi connectivity index (χ0) is 22.2. The minimum absolute atomic E-state index is 0.183. The second-order valence-corrected chi connectivity index (χ2v) is 11.4. The number of nitrogens with two attached hydrogens (primary N) is 1. The van der Waals surface area contributed by atoms with Crippen LogP contribution in [0.4, 0.5) is 5.00 Å². The van der Waals surface area contributed by atoms with Gasteiger partial charge in [0.05, 0.1) is 10.5 Å². The Bertz CT molecular complexity index is 1110. The Kier molecular flexibility index (Phi) is 6.18. The lowest BCUT2D eigenvalue weighted by molar-refractivity contribution is 0.100. The number of hydrogen-bond donors (Lipinski definition) is 2. The molecule has 2 aromatic rings. The first-order valence-electron chi connectivity index (χ1n) is 10.6. The van der Waals surface area contributed by atoms with Crippen molar-refractivity contribution in [3.8, 4) is 0 Å². The van der Waals surface area contributed by atoms with Gasteiger partial charge in [0.25, 0.3) is 11.8 Å². The SMILES string of the molecule is CC1CCCN(S(=O)(=O)c2ccc(C(=O)Nc3sc4c(c3C(N)=O)CCCC4)cc2)C1. The Morgan fingerprint density at radius 1 is 1.13 bits per heavy atom. The number of amides is 2. The zero-order valence-electron chi connectivity index (χ0n) is 17.5. The molecule has 1 saturated heterocycles. The number of nitrogens with one attached hydrogen (secondary N) is 1. The molecule has 0 saturated carbocycles. The molecule has 1 unspecified atom stereocenters. The highest BCUT2D eigenvalue weighted by molar-refractivity contribution is 7.89. The minimum Gasteiger partial charge on any atom is -0.365 e. The number of rotatable bonds is 5. The van der Waals surface area contributed by atoms with Gasteiger partial charge in [0.1, 0.15) is 5.00 Å². The van der Waals surface area contributed by atoms with Crippen LogP contribution in [-0.4, -0.2) is 37.6 Å². The number of anilines is 1. The van der Waals surface area contributed by atoms with Crippen LogP contribution in [0.3, 0.4) is 0 Å². The predicted octanol–water partition coefficient (Wildman–Crippen LogP) is 3.40. The second kappa shape index (κ2) is 8.72. The van der Waals surface area contributed by atoms with Crippen LogP contribution in [0.2, 0.25) is 0 Å². The van der Waals surface area contributed by atoms with E-state index in [1.165, 1.54) is 39.9 Å². The van der Waals surface area contributed by atoms with Gasteiger partial charge in [0, 0.05) is 23.5 Å². The first-order valence-corrected chi connectivity index (χ1v) is 12.9. The highest BCUT2D eigenvalue weighted by Gasteiger charge is 2.29. The minimum atomic E-state index is -3.57. The molecule has 0 spiro atoms. The summed E-state index contributed by atoms with van der Waals surface area (Å²) < 4.78 is 27.3. The van der Waals surface area contributed by atoms with E-state index in [4.69, 9.17) is 5.73 Å². The fourth-order valence-corrected chi connectivity index (χ4v) is 7.27. The van der Waals surface area contributed by atoms with E-state index in [-0.39, 0.29) is 4.90 Å². The number of primary amides is 1. The summed E-state index contributed by atoms with van der Waals surface area (Å²) in [4.78, 5) is 26.1. The molecule has 3 N–H and O–H groups in total. The van der Waals surface area contributed by atoms with Crippen molar-refractivity contribution >= 4 is 38.2 Å². The topological polar surface area (TPSA) is 110 Å². The molecule has 166 valence electrons. The molecule has 1 aromatic carbocycles. The van der Waals surface area contributed by atoms with E-state index in [9.17, 15) is 18.0 Å². The average Bonchev–Trinajstić information content (AvgIpc) is 3.11. The first-order chi connectivity index (χ1) is 14.8. The van der Waals surface area contributed by atoms with Gasteiger partial charge in [0.15, 0.2) is 0 Å². The van der Waals surface area contributed by atoms with Crippen molar-refractivity contribution in [3.05, 3.63) is 45.8 Å². The van der Waals surface area contributed by atoms with Crippen LogP contribution >= 0.6 is 11.3 Å². The number of carbonyl (C=O) groups is 2. The fourth-order valence-electron chi connectivity index (χ4n) is 4.38. The van der Waals surface area contributed by atoms with Gasteiger partial charge >= 0.3 is 0 Å². The summed E-state index contributed by atoms with van der Waals surface area (Å²) >= 11 is 1.40. The number of nitrogens with zero attached hydrogens (tertiary/aromatic N) is 1. The largest absolute Gasteiger partial charge is 0.365 e. The molecule has 7 nitrogen and oxygen atoms in total. The lowest BCUT2D eigenvalue weighted by Gasteiger charge is -2.30. The number of thiophene rings is 1. The predicted molar refractivity (Wildman–Crippen MR) is 121 cm³/mol. The zero-order valence-corrected chi connectivity index (χ0v) is 19.2. The van der Waals surface area contributed by atoms with Crippen molar-refractivity contribution in [1.29, 1.82) is 0 Å². The third-order valence-corrected chi connectivity index (χ3v) is 9.11. The summed E-state index contributed by atoms with van der Waals surface area (Å²) in [6.45, 7) is 3.09. The molecule has 1 aliphatic carbocycles. The molecule has 1 aliphatic heterocycles. The number of piperidine rings is 1. The van der Waals surface area contributed by atoms with E-state index in [2.05, 4.69) is 12.2 Å².